The van der Waals surface area contributed by atoms with Gasteiger partial charge in [0.1, 0.15) is 12.4 Å². The molecule has 0 radical (unpaired) electrons. The lowest BCUT2D eigenvalue weighted by atomic mass is 10.2. The van der Waals surface area contributed by atoms with Crippen LogP contribution in [0.4, 0.5) is 0 Å². The van der Waals surface area contributed by atoms with Crippen LogP contribution in [0.2, 0.25) is 0 Å². The van der Waals surface area contributed by atoms with Crippen molar-refractivity contribution in [1.82, 2.24) is 4.57 Å². The Morgan fingerprint density at radius 2 is 1.62 bits per heavy atom. The van der Waals surface area contributed by atoms with Gasteiger partial charge < -0.3 is 14.0 Å². The number of aromatic nitrogens is 1. The number of benzene rings is 3. The van der Waals surface area contributed by atoms with Crippen molar-refractivity contribution in [3.8, 4) is 5.75 Å². The Morgan fingerprint density at radius 3 is 2.38 bits per heavy atom. The van der Waals surface area contributed by atoms with E-state index in [1.54, 1.807) is 31.2 Å². The molecule has 1 aromatic heterocycles. The standard InChI is InChI=1S/C25H23NO3/c1-2-28-25(27)20-12-14-23(15-13-20)29-18-22-16-21-10-6-7-11-24(21)26(22)17-19-8-4-3-5-9-19/h3-16H,2,17-18H2,1H3. The predicted octanol–water partition coefficient (Wildman–Crippen LogP) is 5.45. The summed E-state index contributed by atoms with van der Waals surface area (Å²) < 4.78 is 13.3. The number of para-hydroxylation sites is 1. The van der Waals surface area contributed by atoms with Gasteiger partial charge in [-0.15, -0.1) is 0 Å². The van der Waals surface area contributed by atoms with Crippen LogP contribution in [0.5, 0.6) is 5.75 Å². The monoisotopic (exact) mass is 385 g/mol. The number of rotatable bonds is 7. The van der Waals surface area contributed by atoms with Crippen LogP contribution in [0.25, 0.3) is 10.9 Å². The molecule has 0 saturated carbocycles. The van der Waals surface area contributed by atoms with Crippen LogP contribution in [0, 0.1) is 0 Å². The first-order valence-electron chi connectivity index (χ1n) is 9.75. The third-order valence-corrected chi connectivity index (χ3v) is 4.83. The molecular weight excluding hydrogens is 362 g/mol. The van der Waals surface area contributed by atoms with Crippen molar-refractivity contribution in [2.24, 2.45) is 0 Å². The Hall–Kier alpha value is -3.53. The minimum absolute atomic E-state index is 0.318. The summed E-state index contributed by atoms with van der Waals surface area (Å²) in [5.74, 6) is 0.400. The van der Waals surface area contributed by atoms with E-state index in [1.807, 2.05) is 12.1 Å². The summed E-state index contributed by atoms with van der Waals surface area (Å²) in [7, 11) is 0. The second kappa shape index (κ2) is 8.65. The van der Waals surface area contributed by atoms with Gasteiger partial charge in [0, 0.05) is 12.1 Å². The minimum atomic E-state index is -0.318. The highest BCUT2D eigenvalue weighted by atomic mass is 16.5. The third kappa shape index (κ3) is 4.32. The minimum Gasteiger partial charge on any atom is -0.487 e. The molecule has 0 saturated heterocycles. The van der Waals surface area contributed by atoms with Gasteiger partial charge in [0.2, 0.25) is 0 Å². The van der Waals surface area contributed by atoms with E-state index in [0.717, 1.165) is 18.0 Å². The average molecular weight is 385 g/mol. The van der Waals surface area contributed by atoms with Crippen molar-refractivity contribution < 1.29 is 14.3 Å². The van der Waals surface area contributed by atoms with E-state index in [0.29, 0.717) is 18.8 Å². The van der Waals surface area contributed by atoms with Gasteiger partial charge >= 0.3 is 5.97 Å². The fourth-order valence-corrected chi connectivity index (χ4v) is 3.40. The van der Waals surface area contributed by atoms with Gasteiger partial charge in [0.25, 0.3) is 0 Å². The summed E-state index contributed by atoms with van der Waals surface area (Å²) in [5, 5.41) is 1.19. The predicted molar refractivity (Wildman–Crippen MR) is 114 cm³/mol. The van der Waals surface area contributed by atoms with Crippen LogP contribution in [0.1, 0.15) is 28.5 Å². The lowest BCUT2D eigenvalue weighted by molar-refractivity contribution is 0.0526. The third-order valence-electron chi connectivity index (χ3n) is 4.83. The van der Waals surface area contributed by atoms with E-state index in [2.05, 4.69) is 53.1 Å². The Labute approximate surface area is 170 Å². The zero-order valence-corrected chi connectivity index (χ0v) is 16.4. The molecule has 0 N–H and O–H groups in total. The molecule has 1 heterocycles. The summed E-state index contributed by atoms with van der Waals surface area (Å²) in [6.45, 7) is 3.39. The quantitative estimate of drug-likeness (QED) is 0.398. The average Bonchev–Trinajstić information content (AvgIpc) is 3.11. The summed E-state index contributed by atoms with van der Waals surface area (Å²) in [6.07, 6.45) is 0. The summed E-state index contributed by atoms with van der Waals surface area (Å²) in [5.41, 5.74) is 4.06. The van der Waals surface area contributed by atoms with Crippen LogP contribution in [-0.2, 0) is 17.9 Å². The highest BCUT2D eigenvalue weighted by molar-refractivity contribution is 5.89. The molecule has 4 rings (SSSR count). The van der Waals surface area contributed by atoms with E-state index < -0.39 is 0 Å². The molecule has 0 spiro atoms. The van der Waals surface area contributed by atoms with E-state index in [9.17, 15) is 4.79 Å². The molecule has 4 aromatic rings. The van der Waals surface area contributed by atoms with E-state index in [1.165, 1.54) is 16.5 Å². The van der Waals surface area contributed by atoms with Crippen molar-refractivity contribution >= 4 is 16.9 Å². The molecule has 3 aromatic carbocycles. The topological polar surface area (TPSA) is 40.5 Å². The van der Waals surface area contributed by atoms with Crippen LogP contribution in [-0.4, -0.2) is 17.1 Å². The molecular formula is C25H23NO3. The second-order valence-corrected chi connectivity index (χ2v) is 6.80. The Morgan fingerprint density at radius 1 is 0.897 bits per heavy atom. The Balaban J connectivity index is 1.55. The van der Waals surface area contributed by atoms with E-state index >= 15 is 0 Å². The first-order valence-corrected chi connectivity index (χ1v) is 9.75. The summed E-state index contributed by atoms with van der Waals surface area (Å²) >= 11 is 0. The highest BCUT2D eigenvalue weighted by Crippen LogP contribution is 2.23. The normalized spacial score (nSPS) is 10.8. The number of hydrogen-bond donors (Lipinski definition) is 0. The van der Waals surface area contributed by atoms with Crippen molar-refractivity contribution in [1.29, 1.82) is 0 Å². The molecule has 0 aliphatic rings. The Kier molecular flexibility index (Phi) is 5.61. The molecule has 0 amide bonds. The molecule has 0 atom stereocenters. The van der Waals surface area contributed by atoms with Crippen LogP contribution in [0.3, 0.4) is 0 Å². The molecule has 0 fully saturated rings. The number of hydrogen-bond acceptors (Lipinski definition) is 3. The van der Waals surface area contributed by atoms with Crippen molar-refractivity contribution in [2.75, 3.05) is 6.61 Å². The number of ether oxygens (including phenoxy) is 2. The van der Waals surface area contributed by atoms with Crippen LogP contribution in [0.15, 0.2) is 84.9 Å². The first-order chi connectivity index (χ1) is 14.2. The fourth-order valence-electron chi connectivity index (χ4n) is 3.40. The zero-order valence-electron chi connectivity index (χ0n) is 16.4. The van der Waals surface area contributed by atoms with Gasteiger partial charge in [-0.3, -0.25) is 0 Å². The van der Waals surface area contributed by atoms with Crippen molar-refractivity contribution in [3.63, 3.8) is 0 Å². The Bertz CT molecular complexity index is 1100. The lowest BCUT2D eigenvalue weighted by Crippen LogP contribution is -2.07. The van der Waals surface area contributed by atoms with Gasteiger partial charge in [0.15, 0.2) is 0 Å². The number of carbonyl (C=O) groups is 1. The highest BCUT2D eigenvalue weighted by Gasteiger charge is 2.11. The number of fused-ring (bicyclic) bond motifs is 1. The number of esters is 1. The van der Waals surface area contributed by atoms with E-state index in [-0.39, 0.29) is 5.97 Å². The van der Waals surface area contributed by atoms with Crippen molar-refractivity contribution in [3.05, 3.63) is 102 Å². The summed E-state index contributed by atoms with van der Waals surface area (Å²) in [4.78, 5) is 11.8. The zero-order chi connectivity index (χ0) is 20.1. The van der Waals surface area contributed by atoms with Gasteiger partial charge in [0.05, 0.1) is 17.9 Å². The largest absolute Gasteiger partial charge is 0.487 e. The molecule has 0 unspecified atom stereocenters. The van der Waals surface area contributed by atoms with Crippen molar-refractivity contribution in [2.45, 2.75) is 20.1 Å². The van der Waals surface area contributed by atoms with Gasteiger partial charge in [-0.2, -0.15) is 0 Å². The maximum atomic E-state index is 11.8. The first kappa shape index (κ1) is 18.8. The molecule has 0 aliphatic heterocycles. The van der Waals surface area contributed by atoms with Gasteiger partial charge in [-0.1, -0.05) is 48.5 Å². The molecule has 0 bridgehead atoms. The second-order valence-electron chi connectivity index (χ2n) is 6.80. The maximum Gasteiger partial charge on any atom is 0.338 e. The lowest BCUT2D eigenvalue weighted by Gasteiger charge is -2.12. The molecule has 146 valence electrons. The molecule has 4 nitrogen and oxygen atoms in total. The summed E-state index contributed by atoms with van der Waals surface area (Å²) in [6, 6.07) is 28.0. The SMILES string of the molecule is CCOC(=O)c1ccc(OCc2cc3ccccc3n2Cc2ccccc2)cc1. The van der Waals surface area contributed by atoms with Gasteiger partial charge in [-0.25, -0.2) is 4.79 Å². The maximum absolute atomic E-state index is 11.8. The van der Waals surface area contributed by atoms with Gasteiger partial charge in [-0.05, 0) is 54.3 Å². The number of carbonyl (C=O) groups excluding carboxylic acids is 1. The molecule has 29 heavy (non-hydrogen) atoms. The van der Waals surface area contributed by atoms with E-state index in [4.69, 9.17) is 9.47 Å². The molecule has 4 heteroatoms. The fraction of sp³-hybridized carbons (Fsp3) is 0.160. The van der Waals surface area contributed by atoms with Crippen LogP contribution >= 0.6 is 0 Å². The smallest absolute Gasteiger partial charge is 0.338 e. The van der Waals surface area contributed by atoms with Crippen LogP contribution < -0.4 is 4.74 Å². The number of nitrogens with zero attached hydrogens (tertiary/aromatic N) is 1. The molecule has 0 aliphatic carbocycles.